The molecule has 0 bridgehead atoms. The summed E-state index contributed by atoms with van der Waals surface area (Å²) in [6, 6.07) is 12.3. The van der Waals surface area contributed by atoms with E-state index in [1.54, 1.807) is 6.20 Å². The average Bonchev–Trinajstić information content (AvgIpc) is 2.50. The third-order valence-electron chi connectivity index (χ3n) is 3.34. The van der Waals surface area contributed by atoms with Gasteiger partial charge in [0.2, 0.25) is 5.88 Å². The maximum atomic E-state index is 5.68. The Labute approximate surface area is 118 Å². The molecule has 1 aromatic heterocycles. The number of nitrogens with one attached hydrogen (secondary N) is 1. The summed E-state index contributed by atoms with van der Waals surface area (Å²) >= 11 is 0. The number of hydrogen-bond acceptors (Lipinski definition) is 4. The van der Waals surface area contributed by atoms with E-state index in [1.165, 1.54) is 5.56 Å². The van der Waals surface area contributed by atoms with Gasteiger partial charge in [0.25, 0.3) is 0 Å². The minimum Gasteiger partial charge on any atom is -0.493 e. The summed E-state index contributed by atoms with van der Waals surface area (Å²) in [5.41, 5.74) is 2.11. The summed E-state index contributed by atoms with van der Waals surface area (Å²) < 4.78 is 11.2. The van der Waals surface area contributed by atoms with Gasteiger partial charge in [-0.15, -0.1) is 0 Å². The van der Waals surface area contributed by atoms with Gasteiger partial charge in [-0.1, -0.05) is 18.2 Å². The fourth-order valence-electron chi connectivity index (χ4n) is 2.43. The lowest BCUT2D eigenvalue weighted by Gasteiger charge is -2.27. The highest BCUT2D eigenvalue weighted by Gasteiger charge is 2.21. The quantitative estimate of drug-likeness (QED) is 0.924. The summed E-state index contributed by atoms with van der Waals surface area (Å²) in [7, 11) is 0. The average molecular weight is 270 g/mol. The van der Waals surface area contributed by atoms with Crippen LogP contribution in [0.2, 0.25) is 0 Å². The van der Waals surface area contributed by atoms with E-state index in [4.69, 9.17) is 9.47 Å². The number of ether oxygens (including phenoxy) is 2. The second-order valence-corrected chi connectivity index (χ2v) is 4.66. The van der Waals surface area contributed by atoms with Crippen LogP contribution in [0, 0.1) is 0 Å². The van der Waals surface area contributed by atoms with Gasteiger partial charge in [0.1, 0.15) is 5.75 Å². The van der Waals surface area contributed by atoms with Gasteiger partial charge in [-0.3, -0.25) is 0 Å². The Morgan fingerprint density at radius 2 is 2.20 bits per heavy atom. The number of pyridine rings is 1. The Kier molecular flexibility index (Phi) is 3.72. The molecule has 0 radical (unpaired) electrons. The largest absolute Gasteiger partial charge is 0.493 e. The molecule has 4 nitrogen and oxygen atoms in total. The van der Waals surface area contributed by atoms with E-state index < -0.39 is 0 Å². The molecule has 0 amide bonds. The van der Waals surface area contributed by atoms with Gasteiger partial charge in [0, 0.05) is 18.2 Å². The first-order chi connectivity index (χ1) is 9.88. The first-order valence-corrected chi connectivity index (χ1v) is 6.94. The van der Waals surface area contributed by atoms with E-state index in [0.29, 0.717) is 12.5 Å². The van der Waals surface area contributed by atoms with Crippen LogP contribution < -0.4 is 14.8 Å². The van der Waals surface area contributed by atoms with Gasteiger partial charge < -0.3 is 14.8 Å². The Bertz CT molecular complexity index is 586. The fourth-order valence-corrected chi connectivity index (χ4v) is 2.43. The zero-order chi connectivity index (χ0) is 13.8. The molecule has 4 heteroatoms. The van der Waals surface area contributed by atoms with Crippen molar-refractivity contribution < 1.29 is 9.47 Å². The van der Waals surface area contributed by atoms with Gasteiger partial charge in [-0.2, -0.15) is 0 Å². The molecule has 0 saturated carbocycles. The maximum absolute atomic E-state index is 5.68. The Morgan fingerprint density at radius 1 is 1.30 bits per heavy atom. The molecule has 3 rings (SSSR count). The van der Waals surface area contributed by atoms with Crippen molar-refractivity contribution in [1.82, 2.24) is 4.98 Å². The minimum absolute atomic E-state index is 0.225. The summed E-state index contributed by atoms with van der Waals surface area (Å²) in [6.07, 6.45) is 2.67. The number of rotatable bonds is 4. The fraction of sp³-hybridized carbons (Fsp3) is 0.312. The van der Waals surface area contributed by atoms with E-state index in [2.05, 4.69) is 16.4 Å². The van der Waals surface area contributed by atoms with Crippen molar-refractivity contribution in [3.63, 3.8) is 0 Å². The van der Waals surface area contributed by atoms with Crippen LogP contribution in [0.1, 0.15) is 24.9 Å². The van der Waals surface area contributed by atoms with E-state index in [9.17, 15) is 0 Å². The predicted octanol–water partition coefficient (Wildman–Crippen LogP) is 3.42. The van der Waals surface area contributed by atoms with Crippen LogP contribution >= 0.6 is 0 Å². The lowest BCUT2D eigenvalue weighted by Crippen LogP contribution is -2.20. The predicted molar refractivity (Wildman–Crippen MR) is 78.3 cm³/mol. The van der Waals surface area contributed by atoms with Crippen molar-refractivity contribution in [2.75, 3.05) is 18.5 Å². The normalized spacial score (nSPS) is 16.9. The third-order valence-corrected chi connectivity index (χ3v) is 3.34. The number of nitrogens with zero attached hydrogens (tertiary/aromatic N) is 1. The molecule has 2 aromatic rings. The van der Waals surface area contributed by atoms with Gasteiger partial charge in [0.15, 0.2) is 0 Å². The number of benzene rings is 1. The molecule has 1 N–H and O–H groups in total. The molecule has 1 aliphatic heterocycles. The van der Waals surface area contributed by atoms with Crippen molar-refractivity contribution in [3.8, 4) is 11.6 Å². The second-order valence-electron chi connectivity index (χ2n) is 4.66. The van der Waals surface area contributed by atoms with Crippen LogP contribution in [0.3, 0.4) is 0 Å². The van der Waals surface area contributed by atoms with Crippen LogP contribution in [0.4, 0.5) is 5.69 Å². The lowest BCUT2D eigenvalue weighted by molar-refractivity contribution is 0.273. The minimum atomic E-state index is 0.225. The van der Waals surface area contributed by atoms with Crippen molar-refractivity contribution in [3.05, 3.63) is 48.2 Å². The topological polar surface area (TPSA) is 43.4 Å². The van der Waals surface area contributed by atoms with Crippen molar-refractivity contribution in [2.24, 2.45) is 0 Å². The smallest absolute Gasteiger partial charge is 0.237 e. The second kappa shape index (κ2) is 5.82. The molecular weight excluding hydrogens is 252 g/mol. The number of aromatic nitrogens is 1. The monoisotopic (exact) mass is 270 g/mol. The summed E-state index contributed by atoms with van der Waals surface area (Å²) in [5.74, 6) is 1.61. The number of fused-ring (bicyclic) bond motifs is 1. The zero-order valence-electron chi connectivity index (χ0n) is 11.5. The molecule has 0 fully saturated rings. The highest BCUT2D eigenvalue weighted by Crippen LogP contribution is 2.35. The summed E-state index contributed by atoms with van der Waals surface area (Å²) in [4.78, 5) is 4.27. The molecule has 20 heavy (non-hydrogen) atoms. The van der Waals surface area contributed by atoms with Crippen LogP contribution in [-0.4, -0.2) is 18.2 Å². The summed E-state index contributed by atoms with van der Waals surface area (Å²) in [5, 5.41) is 3.52. The summed E-state index contributed by atoms with van der Waals surface area (Å²) in [6.45, 7) is 3.29. The van der Waals surface area contributed by atoms with Crippen LogP contribution in [0.5, 0.6) is 11.6 Å². The van der Waals surface area contributed by atoms with Crippen LogP contribution in [-0.2, 0) is 0 Å². The molecule has 1 aliphatic rings. The Balaban J connectivity index is 1.86. The zero-order valence-corrected chi connectivity index (χ0v) is 11.5. The lowest BCUT2D eigenvalue weighted by atomic mass is 10.0. The molecular formula is C16H18N2O2. The van der Waals surface area contributed by atoms with E-state index >= 15 is 0 Å². The van der Waals surface area contributed by atoms with E-state index in [0.717, 1.165) is 24.5 Å². The molecule has 0 spiro atoms. The van der Waals surface area contributed by atoms with Gasteiger partial charge >= 0.3 is 0 Å². The van der Waals surface area contributed by atoms with Gasteiger partial charge in [0.05, 0.1) is 24.9 Å². The van der Waals surface area contributed by atoms with Gasteiger partial charge in [-0.05, 0) is 25.1 Å². The SMILES string of the molecule is CCOc1ncccc1NC1CCOc2ccccc21. The highest BCUT2D eigenvalue weighted by molar-refractivity contribution is 5.55. The standard InChI is InChI=1S/C16H18N2O2/c1-2-19-16-14(7-5-10-17-16)18-13-9-11-20-15-8-4-3-6-12(13)15/h3-8,10,13,18H,2,9,11H2,1H3. The first kappa shape index (κ1) is 12.8. The van der Waals surface area contributed by atoms with Crippen LogP contribution in [0.15, 0.2) is 42.6 Å². The van der Waals surface area contributed by atoms with Crippen LogP contribution in [0.25, 0.3) is 0 Å². The molecule has 1 unspecified atom stereocenters. The number of para-hydroxylation sites is 1. The number of anilines is 1. The third kappa shape index (κ3) is 2.54. The molecule has 104 valence electrons. The number of hydrogen-bond donors (Lipinski definition) is 1. The molecule has 0 saturated heterocycles. The molecule has 2 heterocycles. The van der Waals surface area contributed by atoms with E-state index in [1.807, 2.05) is 37.3 Å². The molecule has 1 atom stereocenters. The van der Waals surface area contributed by atoms with Gasteiger partial charge in [-0.25, -0.2) is 4.98 Å². The van der Waals surface area contributed by atoms with Crippen molar-refractivity contribution >= 4 is 5.69 Å². The van der Waals surface area contributed by atoms with Crippen molar-refractivity contribution in [1.29, 1.82) is 0 Å². The van der Waals surface area contributed by atoms with E-state index in [-0.39, 0.29) is 6.04 Å². The molecule has 0 aliphatic carbocycles. The highest BCUT2D eigenvalue weighted by atomic mass is 16.5. The maximum Gasteiger partial charge on any atom is 0.237 e. The van der Waals surface area contributed by atoms with Crippen molar-refractivity contribution in [2.45, 2.75) is 19.4 Å². The first-order valence-electron chi connectivity index (χ1n) is 6.94. The Hall–Kier alpha value is -2.23. The molecule has 1 aromatic carbocycles. The Morgan fingerprint density at radius 3 is 3.10 bits per heavy atom.